The predicted molar refractivity (Wildman–Crippen MR) is 131 cm³/mol. The molecule has 0 aromatic heterocycles. The van der Waals surface area contributed by atoms with Crippen LogP contribution in [0.1, 0.15) is 23.1 Å². The molecule has 3 N–H and O–H groups in total. The summed E-state index contributed by atoms with van der Waals surface area (Å²) >= 11 is 0. The highest BCUT2D eigenvalue weighted by Crippen LogP contribution is 2.26. The van der Waals surface area contributed by atoms with Gasteiger partial charge in [-0.15, -0.1) is 0 Å². The summed E-state index contributed by atoms with van der Waals surface area (Å²) in [5.74, 6) is -0.841. The number of sulfonamides is 1. The zero-order valence-electron chi connectivity index (χ0n) is 18.7. The number of nitrogens with one attached hydrogen (secondary N) is 1. The van der Waals surface area contributed by atoms with Crippen molar-refractivity contribution in [1.82, 2.24) is 4.72 Å². The lowest BCUT2D eigenvalue weighted by Gasteiger charge is -2.25. The Morgan fingerprint density at radius 1 is 1.00 bits per heavy atom. The van der Waals surface area contributed by atoms with Gasteiger partial charge in [-0.25, -0.2) is 13.1 Å². The first-order valence-corrected chi connectivity index (χ1v) is 12.4. The van der Waals surface area contributed by atoms with Crippen LogP contribution in [-0.4, -0.2) is 37.6 Å². The molecule has 4 rings (SSSR count). The van der Waals surface area contributed by atoms with Crippen LogP contribution in [0.2, 0.25) is 0 Å². The summed E-state index contributed by atoms with van der Waals surface area (Å²) in [6.45, 7) is 0. The van der Waals surface area contributed by atoms with Crippen LogP contribution in [0.3, 0.4) is 0 Å². The van der Waals surface area contributed by atoms with E-state index in [0.29, 0.717) is 17.7 Å². The van der Waals surface area contributed by atoms with Crippen LogP contribution in [-0.2, 0) is 27.7 Å². The molecule has 0 saturated heterocycles. The van der Waals surface area contributed by atoms with Crippen LogP contribution in [0.5, 0.6) is 11.5 Å². The van der Waals surface area contributed by atoms with Crippen molar-refractivity contribution >= 4 is 27.7 Å². The van der Waals surface area contributed by atoms with E-state index in [1.54, 1.807) is 25.2 Å². The second kappa shape index (κ2) is 9.70. The molecule has 0 radical (unpaired) electrons. The molecule has 0 spiro atoms. The number of rotatable bonds is 6. The van der Waals surface area contributed by atoms with Crippen LogP contribution in [0.4, 0.5) is 5.69 Å². The van der Waals surface area contributed by atoms with Crippen molar-refractivity contribution in [3.8, 4) is 11.5 Å². The van der Waals surface area contributed by atoms with Gasteiger partial charge in [0.1, 0.15) is 0 Å². The Bertz CT molecular complexity index is 1330. The molecule has 8 heteroatoms. The molecular formula is C26H26N2O5S. The maximum absolute atomic E-state index is 12.9. The second-order valence-electron chi connectivity index (χ2n) is 8.30. The van der Waals surface area contributed by atoms with Crippen molar-refractivity contribution < 1.29 is 23.4 Å². The number of hydrogen-bond acceptors (Lipinski definition) is 5. The zero-order valence-corrected chi connectivity index (χ0v) is 19.5. The number of likely N-dealkylation sites (N-methyl/N-ethyl adjacent to an activating group) is 1. The van der Waals surface area contributed by atoms with E-state index < -0.39 is 10.0 Å². The van der Waals surface area contributed by atoms with Gasteiger partial charge in [0.2, 0.25) is 10.0 Å². The van der Waals surface area contributed by atoms with Gasteiger partial charge in [-0.3, -0.25) is 4.79 Å². The Labute approximate surface area is 199 Å². The number of phenolic OH excluding ortho intramolecular Hbond substituents is 2. The predicted octanol–water partition coefficient (Wildman–Crippen LogP) is 3.61. The van der Waals surface area contributed by atoms with Crippen molar-refractivity contribution in [1.29, 1.82) is 0 Å². The first kappa shape index (κ1) is 23.5. The first-order chi connectivity index (χ1) is 16.2. The summed E-state index contributed by atoms with van der Waals surface area (Å²) in [7, 11) is -2.11. The third kappa shape index (κ3) is 5.30. The largest absolute Gasteiger partial charge is 0.504 e. The number of phenols is 2. The summed E-state index contributed by atoms with van der Waals surface area (Å²) in [6, 6.07) is 18.3. The summed E-state index contributed by atoms with van der Waals surface area (Å²) in [5.41, 5.74) is 3.53. The maximum atomic E-state index is 12.9. The van der Waals surface area contributed by atoms with Gasteiger partial charge in [0.05, 0.1) is 4.90 Å². The zero-order chi connectivity index (χ0) is 24.3. The van der Waals surface area contributed by atoms with E-state index in [1.165, 1.54) is 52.4 Å². The van der Waals surface area contributed by atoms with Gasteiger partial charge in [0.15, 0.2) is 11.5 Å². The highest BCUT2D eigenvalue weighted by atomic mass is 32.2. The Balaban J connectivity index is 1.41. The van der Waals surface area contributed by atoms with Crippen molar-refractivity contribution in [2.75, 3.05) is 11.9 Å². The molecule has 176 valence electrons. The highest BCUT2D eigenvalue weighted by molar-refractivity contribution is 7.89. The fourth-order valence-electron chi connectivity index (χ4n) is 3.99. The molecular weight excluding hydrogens is 452 g/mol. The van der Waals surface area contributed by atoms with E-state index in [4.69, 9.17) is 0 Å². The monoisotopic (exact) mass is 478 g/mol. The number of anilines is 1. The summed E-state index contributed by atoms with van der Waals surface area (Å²) in [5, 5.41) is 18.9. The molecule has 0 bridgehead atoms. The molecule has 3 aromatic rings. The van der Waals surface area contributed by atoms with Crippen molar-refractivity contribution in [2.24, 2.45) is 0 Å². The summed E-state index contributed by atoms with van der Waals surface area (Å²) < 4.78 is 28.6. The summed E-state index contributed by atoms with van der Waals surface area (Å²) in [4.78, 5) is 14.0. The standard InChI is InChI=1S/C26H26N2O5S/c1-28(26(31)15-7-18-6-14-24(29)25(30)16-18)22-10-12-23(13-11-22)34(32,33)27-21-9-8-19-4-2-3-5-20(19)17-21/h2-7,10-16,21,27,29-30H,8-9,17H2,1H3/b15-7+. The Morgan fingerprint density at radius 2 is 1.71 bits per heavy atom. The van der Waals surface area contributed by atoms with E-state index in [-0.39, 0.29) is 28.3 Å². The number of fused-ring (bicyclic) bond motifs is 1. The smallest absolute Gasteiger partial charge is 0.250 e. The van der Waals surface area contributed by atoms with Gasteiger partial charge < -0.3 is 15.1 Å². The molecule has 7 nitrogen and oxygen atoms in total. The van der Waals surface area contributed by atoms with Gasteiger partial charge in [-0.2, -0.15) is 0 Å². The van der Waals surface area contributed by atoms with Crippen LogP contribution in [0, 0.1) is 0 Å². The van der Waals surface area contributed by atoms with Gasteiger partial charge in [-0.1, -0.05) is 30.3 Å². The highest BCUT2D eigenvalue weighted by Gasteiger charge is 2.24. The average Bonchev–Trinajstić information content (AvgIpc) is 2.84. The molecule has 0 saturated carbocycles. The minimum Gasteiger partial charge on any atom is -0.504 e. The lowest BCUT2D eigenvalue weighted by molar-refractivity contribution is -0.113. The van der Waals surface area contributed by atoms with E-state index in [1.807, 2.05) is 18.2 Å². The third-order valence-corrected chi connectivity index (χ3v) is 7.49. The molecule has 0 fully saturated rings. The quantitative estimate of drug-likeness (QED) is 0.371. The molecule has 3 aromatic carbocycles. The lowest BCUT2D eigenvalue weighted by Crippen LogP contribution is -2.38. The number of carbonyl (C=O) groups excluding carboxylic acids is 1. The molecule has 34 heavy (non-hydrogen) atoms. The fraction of sp³-hybridized carbons (Fsp3) is 0.192. The maximum Gasteiger partial charge on any atom is 0.250 e. The average molecular weight is 479 g/mol. The van der Waals surface area contributed by atoms with Crippen molar-refractivity contribution in [3.05, 3.63) is 89.5 Å². The molecule has 1 amide bonds. The number of nitrogens with zero attached hydrogens (tertiary/aromatic N) is 1. The molecule has 1 aliphatic carbocycles. The third-order valence-electron chi connectivity index (χ3n) is 5.95. The van der Waals surface area contributed by atoms with E-state index >= 15 is 0 Å². The van der Waals surface area contributed by atoms with Gasteiger partial charge in [0, 0.05) is 24.9 Å². The molecule has 1 aliphatic rings. The van der Waals surface area contributed by atoms with Crippen LogP contribution >= 0.6 is 0 Å². The van der Waals surface area contributed by atoms with Gasteiger partial charge >= 0.3 is 0 Å². The molecule has 0 heterocycles. The van der Waals surface area contributed by atoms with Crippen LogP contribution in [0.25, 0.3) is 6.08 Å². The molecule has 0 aliphatic heterocycles. The van der Waals surface area contributed by atoms with E-state index in [2.05, 4.69) is 10.8 Å². The minimum atomic E-state index is -3.69. The topological polar surface area (TPSA) is 107 Å². The number of aryl methyl sites for hydroxylation is 1. The number of amides is 1. The van der Waals surface area contributed by atoms with Gasteiger partial charge in [0.25, 0.3) is 5.91 Å². The van der Waals surface area contributed by atoms with E-state index in [9.17, 15) is 23.4 Å². The Kier molecular flexibility index (Phi) is 6.72. The number of benzene rings is 3. The fourth-order valence-corrected chi connectivity index (χ4v) is 5.26. The van der Waals surface area contributed by atoms with Crippen molar-refractivity contribution in [3.63, 3.8) is 0 Å². The summed E-state index contributed by atoms with van der Waals surface area (Å²) in [6.07, 6.45) is 5.10. The minimum absolute atomic E-state index is 0.145. The molecule has 1 unspecified atom stereocenters. The SMILES string of the molecule is CN(C(=O)/C=C/c1ccc(O)c(O)c1)c1ccc(S(=O)(=O)NC2CCc3ccccc3C2)cc1. The Hall–Kier alpha value is -3.62. The number of hydrogen-bond donors (Lipinski definition) is 3. The van der Waals surface area contributed by atoms with E-state index in [0.717, 1.165) is 12.8 Å². The van der Waals surface area contributed by atoms with Crippen LogP contribution < -0.4 is 9.62 Å². The first-order valence-electron chi connectivity index (χ1n) is 10.9. The van der Waals surface area contributed by atoms with Crippen molar-refractivity contribution in [2.45, 2.75) is 30.2 Å². The second-order valence-corrected chi connectivity index (χ2v) is 10.0. The Morgan fingerprint density at radius 3 is 2.41 bits per heavy atom. The lowest BCUT2D eigenvalue weighted by atomic mass is 9.89. The number of carbonyl (C=O) groups is 1. The van der Waals surface area contributed by atoms with Gasteiger partial charge in [-0.05, 0) is 78.4 Å². The number of aromatic hydroxyl groups is 2. The van der Waals surface area contributed by atoms with Crippen LogP contribution in [0.15, 0.2) is 77.7 Å². The molecule has 1 atom stereocenters. The normalized spacial score (nSPS) is 15.7.